The van der Waals surface area contributed by atoms with Crippen LogP contribution in [0.5, 0.6) is 0 Å². The third-order valence-corrected chi connectivity index (χ3v) is 4.08. The second-order valence-electron chi connectivity index (χ2n) is 5.79. The van der Waals surface area contributed by atoms with Gasteiger partial charge in [0.2, 0.25) is 5.91 Å². The van der Waals surface area contributed by atoms with E-state index < -0.39 is 0 Å². The highest BCUT2D eigenvalue weighted by Crippen LogP contribution is 2.29. The lowest BCUT2D eigenvalue weighted by Crippen LogP contribution is -2.50. The van der Waals surface area contributed by atoms with E-state index in [2.05, 4.69) is 6.92 Å². The Morgan fingerprint density at radius 2 is 2.11 bits per heavy atom. The molecule has 0 spiro atoms. The molecule has 0 bridgehead atoms. The van der Waals surface area contributed by atoms with Crippen molar-refractivity contribution < 1.29 is 9.90 Å². The lowest BCUT2D eigenvalue weighted by atomic mass is 9.77. The fourth-order valence-electron chi connectivity index (χ4n) is 2.81. The Kier molecular flexibility index (Phi) is 6.09. The van der Waals surface area contributed by atoms with Crippen LogP contribution < -0.4 is 5.73 Å². The second-order valence-corrected chi connectivity index (χ2v) is 5.79. The van der Waals surface area contributed by atoms with Gasteiger partial charge in [-0.2, -0.15) is 0 Å². The number of nitrogens with two attached hydrogens (primary N) is 1. The average Bonchev–Trinajstić information content (AvgIpc) is 2.32. The minimum atomic E-state index is -0.0326. The summed E-state index contributed by atoms with van der Waals surface area (Å²) in [6.45, 7) is 6.94. The van der Waals surface area contributed by atoms with Gasteiger partial charge in [-0.1, -0.05) is 13.3 Å². The predicted molar refractivity (Wildman–Crippen MR) is 73.0 cm³/mol. The Bertz CT molecular complexity index is 269. The van der Waals surface area contributed by atoms with Gasteiger partial charge >= 0.3 is 0 Å². The van der Waals surface area contributed by atoms with Crippen molar-refractivity contribution in [1.29, 1.82) is 0 Å². The van der Waals surface area contributed by atoms with Gasteiger partial charge in [0.25, 0.3) is 0 Å². The Morgan fingerprint density at radius 1 is 1.44 bits per heavy atom. The number of rotatable bonds is 5. The number of amides is 1. The maximum Gasteiger partial charge on any atom is 0.227 e. The van der Waals surface area contributed by atoms with Crippen LogP contribution in [0.2, 0.25) is 0 Å². The number of carbonyl (C=O) groups excluding carboxylic acids is 1. The molecule has 0 saturated heterocycles. The van der Waals surface area contributed by atoms with Gasteiger partial charge in [0.1, 0.15) is 0 Å². The van der Waals surface area contributed by atoms with E-state index in [4.69, 9.17) is 10.8 Å². The van der Waals surface area contributed by atoms with Crippen molar-refractivity contribution in [2.24, 2.45) is 17.6 Å². The zero-order chi connectivity index (χ0) is 13.7. The van der Waals surface area contributed by atoms with E-state index in [1.165, 1.54) is 0 Å². The fraction of sp³-hybridized carbons (Fsp3) is 0.929. The van der Waals surface area contributed by atoms with Gasteiger partial charge in [-0.3, -0.25) is 4.79 Å². The van der Waals surface area contributed by atoms with Crippen molar-refractivity contribution in [3.63, 3.8) is 0 Å². The molecule has 0 aromatic heterocycles. The third-order valence-electron chi connectivity index (χ3n) is 4.08. The molecule has 1 amide bonds. The number of aliphatic hydroxyl groups excluding tert-OH is 1. The van der Waals surface area contributed by atoms with E-state index >= 15 is 0 Å². The predicted octanol–water partition coefficient (Wildman–Crippen LogP) is 1.37. The molecule has 3 atom stereocenters. The molecular weight excluding hydrogens is 228 g/mol. The minimum Gasteiger partial charge on any atom is -0.396 e. The molecule has 4 nitrogen and oxygen atoms in total. The van der Waals surface area contributed by atoms with Crippen LogP contribution in [0, 0.1) is 11.8 Å². The van der Waals surface area contributed by atoms with Crippen LogP contribution in [-0.2, 0) is 4.79 Å². The summed E-state index contributed by atoms with van der Waals surface area (Å²) >= 11 is 0. The molecule has 1 aliphatic carbocycles. The average molecular weight is 256 g/mol. The van der Waals surface area contributed by atoms with Crippen LogP contribution in [0.1, 0.15) is 46.5 Å². The van der Waals surface area contributed by atoms with Gasteiger partial charge in [0, 0.05) is 25.2 Å². The SMILES string of the molecule is CC1CCCC(C(=O)N(CCCO)C(C)C)C1N. The van der Waals surface area contributed by atoms with Crippen LogP contribution in [-0.4, -0.2) is 41.1 Å². The van der Waals surface area contributed by atoms with E-state index in [-0.39, 0.29) is 30.5 Å². The number of hydrogen-bond donors (Lipinski definition) is 2. The second kappa shape index (κ2) is 7.10. The molecular formula is C14H28N2O2. The molecule has 1 fully saturated rings. The normalized spacial score (nSPS) is 28.4. The van der Waals surface area contributed by atoms with Crippen molar-refractivity contribution in [3.8, 4) is 0 Å². The van der Waals surface area contributed by atoms with E-state index in [9.17, 15) is 4.79 Å². The smallest absolute Gasteiger partial charge is 0.227 e. The highest BCUT2D eigenvalue weighted by atomic mass is 16.3. The van der Waals surface area contributed by atoms with Crippen LogP contribution in [0.15, 0.2) is 0 Å². The third kappa shape index (κ3) is 3.69. The van der Waals surface area contributed by atoms with E-state index in [1.54, 1.807) is 0 Å². The Morgan fingerprint density at radius 3 is 2.67 bits per heavy atom. The van der Waals surface area contributed by atoms with Gasteiger partial charge < -0.3 is 15.7 Å². The standard InChI is InChI=1S/C14H28N2O2/c1-10(2)16(8-5-9-17)14(18)12-7-4-6-11(3)13(12)15/h10-13,17H,4-9,15H2,1-3H3. The van der Waals surface area contributed by atoms with Gasteiger partial charge in [-0.15, -0.1) is 0 Å². The summed E-state index contributed by atoms with van der Waals surface area (Å²) in [5, 5.41) is 8.92. The number of aliphatic hydroxyl groups is 1. The van der Waals surface area contributed by atoms with Crippen LogP contribution in [0.3, 0.4) is 0 Å². The van der Waals surface area contributed by atoms with E-state index in [1.807, 2.05) is 18.7 Å². The van der Waals surface area contributed by atoms with Crippen molar-refractivity contribution in [2.75, 3.05) is 13.2 Å². The molecule has 1 aliphatic rings. The van der Waals surface area contributed by atoms with Gasteiger partial charge in [0.15, 0.2) is 0 Å². The Balaban J connectivity index is 2.69. The topological polar surface area (TPSA) is 66.6 Å². The maximum absolute atomic E-state index is 12.6. The number of carbonyl (C=O) groups is 1. The first-order chi connectivity index (χ1) is 8.49. The molecule has 1 rings (SSSR count). The summed E-state index contributed by atoms with van der Waals surface area (Å²) in [7, 11) is 0. The summed E-state index contributed by atoms with van der Waals surface area (Å²) in [6.07, 6.45) is 3.77. The molecule has 18 heavy (non-hydrogen) atoms. The van der Waals surface area contributed by atoms with Crippen LogP contribution in [0.4, 0.5) is 0 Å². The molecule has 0 aromatic rings. The number of nitrogens with zero attached hydrogens (tertiary/aromatic N) is 1. The zero-order valence-corrected chi connectivity index (χ0v) is 11.9. The van der Waals surface area contributed by atoms with Crippen molar-refractivity contribution in [2.45, 2.75) is 58.5 Å². The lowest BCUT2D eigenvalue weighted by Gasteiger charge is -2.37. The summed E-state index contributed by atoms with van der Waals surface area (Å²) in [4.78, 5) is 14.4. The van der Waals surface area contributed by atoms with Crippen molar-refractivity contribution in [3.05, 3.63) is 0 Å². The molecule has 4 heteroatoms. The Hall–Kier alpha value is -0.610. The molecule has 3 N–H and O–H groups in total. The zero-order valence-electron chi connectivity index (χ0n) is 11.9. The summed E-state index contributed by atoms with van der Waals surface area (Å²) in [5.74, 6) is 0.576. The molecule has 0 heterocycles. The quantitative estimate of drug-likeness (QED) is 0.780. The first kappa shape index (κ1) is 15.4. The molecule has 106 valence electrons. The van der Waals surface area contributed by atoms with Crippen molar-refractivity contribution in [1.82, 2.24) is 4.90 Å². The molecule has 0 aromatic carbocycles. The molecule has 0 radical (unpaired) electrons. The summed E-state index contributed by atoms with van der Waals surface area (Å²) in [6, 6.07) is 0.162. The van der Waals surface area contributed by atoms with Crippen LogP contribution in [0.25, 0.3) is 0 Å². The lowest BCUT2D eigenvalue weighted by molar-refractivity contribution is -0.139. The first-order valence-corrected chi connectivity index (χ1v) is 7.16. The summed E-state index contributed by atoms with van der Waals surface area (Å²) < 4.78 is 0. The van der Waals surface area contributed by atoms with E-state index in [0.717, 1.165) is 19.3 Å². The molecule has 1 saturated carbocycles. The minimum absolute atomic E-state index is 0.0124. The van der Waals surface area contributed by atoms with Gasteiger partial charge in [-0.05, 0) is 39.0 Å². The monoisotopic (exact) mass is 256 g/mol. The highest BCUT2D eigenvalue weighted by molar-refractivity contribution is 5.80. The van der Waals surface area contributed by atoms with Gasteiger partial charge in [-0.25, -0.2) is 0 Å². The largest absolute Gasteiger partial charge is 0.396 e. The highest BCUT2D eigenvalue weighted by Gasteiger charge is 2.35. The molecule has 3 unspecified atom stereocenters. The first-order valence-electron chi connectivity index (χ1n) is 7.16. The molecule has 0 aliphatic heterocycles. The van der Waals surface area contributed by atoms with E-state index in [0.29, 0.717) is 18.9 Å². The van der Waals surface area contributed by atoms with Crippen molar-refractivity contribution >= 4 is 5.91 Å². The number of hydrogen-bond acceptors (Lipinski definition) is 3. The Labute approximate surface area is 111 Å². The van der Waals surface area contributed by atoms with Crippen LogP contribution >= 0.6 is 0 Å². The maximum atomic E-state index is 12.6. The fourth-order valence-corrected chi connectivity index (χ4v) is 2.81. The van der Waals surface area contributed by atoms with Gasteiger partial charge in [0.05, 0.1) is 5.92 Å². The summed E-state index contributed by atoms with van der Waals surface area (Å²) in [5.41, 5.74) is 6.19.